The van der Waals surface area contributed by atoms with Crippen molar-refractivity contribution in [3.8, 4) is 23.0 Å². The van der Waals surface area contributed by atoms with Gasteiger partial charge < -0.3 is 14.2 Å². The Labute approximate surface area is 249 Å². The number of hydrogen-bond acceptors (Lipinski definition) is 5. The average molecular weight is 561 g/mol. The van der Waals surface area contributed by atoms with Crippen LogP contribution < -0.4 is 14.2 Å². The smallest absolute Gasteiger partial charge is 0.164 e. The van der Waals surface area contributed by atoms with E-state index in [4.69, 9.17) is 14.2 Å². The van der Waals surface area contributed by atoms with Crippen LogP contribution in [-0.2, 0) is 32.1 Å². The second-order valence-corrected chi connectivity index (χ2v) is 12.1. The predicted molar refractivity (Wildman–Crippen MR) is 167 cm³/mol. The van der Waals surface area contributed by atoms with Gasteiger partial charge in [-0.15, -0.1) is 0 Å². The van der Waals surface area contributed by atoms with Crippen LogP contribution in [0.2, 0.25) is 0 Å². The van der Waals surface area contributed by atoms with Crippen LogP contribution in [0.1, 0.15) is 56.6 Å². The monoisotopic (exact) mass is 560 g/mol. The third-order valence-electron chi connectivity index (χ3n) is 9.67. The second kappa shape index (κ2) is 11.1. The van der Waals surface area contributed by atoms with E-state index in [9.17, 15) is 0 Å². The maximum Gasteiger partial charge on any atom is 0.164 e. The Hall–Kier alpha value is -3.80. The summed E-state index contributed by atoms with van der Waals surface area (Å²) >= 11 is 0. The molecule has 0 N–H and O–H groups in total. The van der Waals surface area contributed by atoms with Crippen molar-refractivity contribution in [2.45, 2.75) is 44.2 Å². The van der Waals surface area contributed by atoms with Crippen molar-refractivity contribution < 1.29 is 14.2 Å². The van der Waals surface area contributed by atoms with E-state index in [1.165, 1.54) is 44.5 Å². The number of hydrogen-bond donors (Lipinski definition) is 0. The summed E-state index contributed by atoms with van der Waals surface area (Å²) < 4.78 is 18.6. The summed E-state index contributed by atoms with van der Waals surface area (Å²) in [6.45, 7) is 2.06. The Balaban J connectivity index is 1.38. The zero-order valence-electron chi connectivity index (χ0n) is 25.2. The fourth-order valence-electron chi connectivity index (χ4n) is 7.34. The molecule has 0 spiro atoms. The molecule has 10 rings (SSSR count). The van der Waals surface area contributed by atoms with Crippen molar-refractivity contribution in [3.05, 3.63) is 117 Å². The highest BCUT2D eigenvalue weighted by molar-refractivity contribution is 5.58. The molecule has 0 aliphatic carbocycles. The Bertz CT molecular complexity index is 1600. The molecule has 1 unspecified atom stereocenters. The summed E-state index contributed by atoms with van der Waals surface area (Å²) in [6.07, 6.45) is 4.69. The van der Waals surface area contributed by atoms with Gasteiger partial charge in [-0.1, -0.05) is 48.5 Å². The molecule has 0 saturated heterocycles. The highest BCUT2D eigenvalue weighted by Crippen LogP contribution is 2.45. The van der Waals surface area contributed by atoms with Crippen molar-refractivity contribution in [1.82, 2.24) is 9.80 Å². The van der Waals surface area contributed by atoms with Crippen LogP contribution in [0.3, 0.4) is 0 Å². The normalized spacial score (nSPS) is 20.2. The van der Waals surface area contributed by atoms with Crippen LogP contribution in [0.4, 0.5) is 0 Å². The van der Waals surface area contributed by atoms with E-state index in [0.717, 1.165) is 68.2 Å². The molecular formula is C37H40N2O3. The van der Waals surface area contributed by atoms with Gasteiger partial charge in [-0.2, -0.15) is 0 Å². The number of rotatable bonds is 2. The van der Waals surface area contributed by atoms with Crippen LogP contribution in [-0.4, -0.2) is 51.2 Å². The molecule has 6 aliphatic rings. The van der Waals surface area contributed by atoms with Gasteiger partial charge in [0.15, 0.2) is 11.5 Å². The first-order valence-electron chi connectivity index (χ1n) is 15.2. The number of ether oxygens (including phenoxy) is 3. The molecule has 0 radical (unpaired) electrons. The molecule has 6 aliphatic heterocycles. The van der Waals surface area contributed by atoms with Crippen LogP contribution in [0, 0.1) is 0 Å². The van der Waals surface area contributed by atoms with Gasteiger partial charge in [0.2, 0.25) is 0 Å². The minimum Gasteiger partial charge on any atom is -0.493 e. The molecule has 0 fully saturated rings. The average Bonchev–Trinajstić information content (AvgIpc) is 3.01. The van der Waals surface area contributed by atoms with Crippen molar-refractivity contribution in [1.29, 1.82) is 0 Å². The highest BCUT2D eigenvalue weighted by Gasteiger charge is 2.32. The number of methoxy groups -OCH3 is 2. The van der Waals surface area contributed by atoms with Gasteiger partial charge in [0.25, 0.3) is 0 Å². The Kier molecular flexibility index (Phi) is 7.17. The SMILES string of the molecule is COc1cc2c3c(c1OC)Cc1ccc(cc1)C[C@@H]1c4c(cccc4Oc4ccc(cc4)CC3N(C)CC2)CCN1C. The molecule has 4 aromatic rings. The van der Waals surface area contributed by atoms with E-state index < -0.39 is 0 Å². The fourth-order valence-corrected chi connectivity index (χ4v) is 7.34. The summed E-state index contributed by atoms with van der Waals surface area (Å²) in [5.74, 6) is 3.53. The first-order valence-corrected chi connectivity index (χ1v) is 15.2. The molecule has 4 aromatic carbocycles. The molecule has 4 bridgehead atoms. The van der Waals surface area contributed by atoms with Crippen molar-refractivity contribution in [2.24, 2.45) is 0 Å². The van der Waals surface area contributed by atoms with E-state index >= 15 is 0 Å². The molecule has 5 nitrogen and oxygen atoms in total. The molecular weight excluding hydrogens is 520 g/mol. The summed E-state index contributed by atoms with van der Waals surface area (Å²) in [5.41, 5.74) is 10.6. The van der Waals surface area contributed by atoms with Crippen LogP contribution in [0.25, 0.3) is 0 Å². The lowest BCUT2D eigenvalue weighted by Crippen LogP contribution is -2.34. The van der Waals surface area contributed by atoms with Crippen LogP contribution in [0.5, 0.6) is 23.0 Å². The third-order valence-corrected chi connectivity index (χ3v) is 9.67. The second-order valence-electron chi connectivity index (χ2n) is 12.1. The van der Waals surface area contributed by atoms with Gasteiger partial charge in [-0.3, -0.25) is 9.80 Å². The molecule has 2 atom stereocenters. The highest BCUT2D eigenvalue weighted by atomic mass is 16.5. The quantitative estimate of drug-likeness (QED) is 0.265. The molecule has 6 heterocycles. The Morgan fingerprint density at radius 1 is 0.690 bits per heavy atom. The minimum atomic E-state index is 0.242. The van der Waals surface area contributed by atoms with Gasteiger partial charge in [-0.05, 0) is 97.4 Å². The molecule has 0 saturated carbocycles. The Morgan fingerprint density at radius 3 is 1.98 bits per heavy atom. The van der Waals surface area contributed by atoms with Gasteiger partial charge in [0, 0.05) is 42.7 Å². The van der Waals surface area contributed by atoms with E-state index in [1.54, 1.807) is 14.2 Å². The molecule has 0 amide bonds. The lowest BCUT2D eigenvalue weighted by molar-refractivity contribution is 0.224. The summed E-state index contributed by atoms with van der Waals surface area (Å²) in [4.78, 5) is 4.98. The zero-order valence-corrected chi connectivity index (χ0v) is 25.2. The number of benzene rings is 4. The van der Waals surface area contributed by atoms with Gasteiger partial charge in [0.1, 0.15) is 11.5 Å². The summed E-state index contributed by atoms with van der Waals surface area (Å²) in [6, 6.07) is 27.2. The Morgan fingerprint density at radius 2 is 1.31 bits per heavy atom. The van der Waals surface area contributed by atoms with Gasteiger partial charge in [0.05, 0.1) is 14.2 Å². The van der Waals surface area contributed by atoms with Crippen LogP contribution >= 0.6 is 0 Å². The maximum atomic E-state index is 6.63. The van der Waals surface area contributed by atoms with E-state index in [2.05, 4.69) is 96.7 Å². The zero-order chi connectivity index (χ0) is 28.8. The third kappa shape index (κ3) is 4.85. The number of likely N-dealkylation sites (N-methyl/N-ethyl adjacent to an activating group) is 2. The number of nitrogens with zero attached hydrogens (tertiary/aromatic N) is 2. The minimum absolute atomic E-state index is 0.242. The first-order chi connectivity index (χ1) is 20.5. The maximum absolute atomic E-state index is 6.63. The van der Waals surface area contributed by atoms with E-state index in [-0.39, 0.29) is 12.1 Å². The van der Waals surface area contributed by atoms with Gasteiger partial charge >= 0.3 is 0 Å². The molecule has 0 aromatic heterocycles. The molecule has 216 valence electrons. The molecule has 5 heteroatoms. The molecule has 42 heavy (non-hydrogen) atoms. The topological polar surface area (TPSA) is 34.2 Å². The predicted octanol–water partition coefficient (Wildman–Crippen LogP) is 6.94. The van der Waals surface area contributed by atoms with E-state index in [0.29, 0.717) is 0 Å². The fraction of sp³-hybridized carbons (Fsp3) is 0.351. The van der Waals surface area contributed by atoms with Crippen molar-refractivity contribution in [3.63, 3.8) is 0 Å². The first kappa shape index (κ1) is 27.1. The summed E-state index contributed by atoms with van der Waals surface area (Å²) in [7, 11) is 8.00. The van der Waals surface area contributed by atoms with Gasteiger partial charge in [-0.25, -0.2) is 0 Å². The lowest BCUT2D eigenvalue weighted by Gasteiger charge is -2.37. The standard InChI is InChI=1S/C37H40N2O3/c1-38-19-17-28-23-34(40-3)37(41-4)30-20-24-8-10-25(11-9-24)22-32-36-27(16-18-39(32)2)6-5-7-33(36)42-29-14-12-26(13-15-29)21-31(38)35(28)30/h5-15,23,31-32H,16-22H2,1-4H3/t31?,32-/m1/s1. The van der Waals surface area contributed by atoms with Crippen LogP contribution in [0.15, 0.2) is 72.8 Å². The van der Waals surface area contributed by atoms with Crippen molar-refractivity contribution in [2.75, 3.05) is 41.4 Å². The summed E-state index contributed by atoms with van der Waals surface area (Å²) in [5, 5.41) is 0. The lowest BCUT2D eigenvalue weighted by atomic mass is 9.83. The van der Waals surface area contributed by atoms with Crippen molar-refractivity contribution >= 4 is 0 Å². The van der Waals surface area contributed by atoms with E-state index in [1.807, 2.05) is 0 Å². The largest absolute Gasteiger partial charge is 0.493 e.